The third-order valence-corrected chi connectivity index (χ3v) is 5.01. The Labute approximate surface area is 156 Å². The molecule has 0 unspecified atom stereocenters. The summed E-state index contributed by atoms with van der Waals surface area (Å²) in [6, 6.07) is 17.8. The Hall–Kier alpha value is -2.77. The van der Waals surface area contributed by atoms with Crippen LogP contribution in [0.5, 0.6) is 11.5 Å². The molecule has 0 saturated heterocycles. The van der Waals surface area contributed by atoms with Crippen molar-refractivity contribution >= 4 is 10.0 Å². The summed E-state index contributed by atoms with van der Waals surface area (Å²) < 4.78 is 58.4. The van der Waals surface area contributed by atoms with E-state index >= 15 is 0 Å². The van der Waals surface area contributed by atoms with Crippen LogP contribution in [-0.4, -0.2) is 8.42 Å². The Kier molecular flexibility index (Phi) is 5.83. The third-order valence-electron chi connectivity index (χ3n) is 3.71. The smallest absolute Gasteiger partial charge is 0.216 e. The molecule has 0 amide bonds. The van der Waals surface area contributed by atoms with Crippen molar-refractivity contribution in [2.24, 2.45) is 0 Å². The predicted octanol–water partition coefficient (Wildman–Crippen LogP) is 4.38. The van der Waals surface area contributed by atoms with Crippen LogP contribution in [0.15, 0.2) is 72.8 Å². The van der Waals surface area contributed by atoms with E-state index in [0.717, 1.165) is 0 Å². The minimum Gasteiger partial charge on any atom is -0.457 e. The lowest BCUT2D eigenvalue weighted by atomic mass is 10.2. The molecule has 3 rings (SSSR count). The molecule has 4 nitrogen and oxygen atoms in total. The quantitative estimate of drug-likeness (QED) is 0.653. The maximum atomic E-state index is 12.9. The summed E-state index contributed by atoms with van der Waals surface area (Å²) in [5, 5.41) is 0. The van der Waals surface area contributed by atoms with Crippen LogP contribution in [0.25, 0.3) is 0 Å². The van der Waals surface area contributed by atoms with E-state index in [0.29, 0.717) is 22.6 Å². The van der Waals surface area contributed by atoms with Gasteiger partial charge >= 0.3 is 0 Å². The molecule has 0 fully saturated rings. The Morgan fingerprint density at radius 3 is 2.07 bits per heavy atom. The second kappa shape index (κ2) is 8.28. The lowest BCUT2D eigenvalue weighted by molar-refractivity contribution is 0.479. The van der Waals surface area contributed by atoms with Gasteiger partial charge in [-0.3, -0.25) is 0 Å². The molecule has 3 aromatic carbocycles. The fourth-order valence-electron chi connectivity index (χ4n) is 2.40. The van der Waals surface area contributed by atoms with Crippen molar-refractivity contribution in [3.05, 3.63) is 95.6 Å². The van der Waals surface area contributed by atoms with Gasteiger partial charge in [0, 0.05) is 6.54 Å². The molecule has 0 aliphatic heterocycles. The summed E-state index contributed by atoms with van der Waals surface area (Å²) in [7, 11) is -3.58. The molecule has 140 valence electrons. The van der Waals surface area contributed by atoms with E-state index < -0.39 is 15.8 Å². The van der Waals surface area contributed by atoms with Gasteiger partial charge in [-0.2, -0.15) is 0 Å². The Morgan fingerprint density at radius 1 is 0.778 bits per heavy atom. The van der Waals surface area contributed by atoms with E-state index in [2.05, 4.69) is 4.72 Å². The minimum absolute atomic E-state index is 0.0874. The van der Waals surface area contributed by atoms with Crippen LogP contribution in [0.4, 0.5) is 8.78 Å². The summed E-state index contributed by atoms with van der Waals surface area (Å²) in [5.41, 5.74) is 1.20. The van der Waals surface area contributed by atoms with E-state index in [1.807, 2.05) is 0 Å². The van der Waals surface area contributed by atoms with Gasteiger partial charge in [0.05, 0.1) is 5.75 Å². The molecule has 0 atom stereocenters. The van der Waals surface area contributed by atoms with E-state index in [-0.39, 0.29) is 18.1 Å². The van der Waals surface area contributed by atoms with E-state index in [4.69, 9.17) is 4.74 Å². The summed E-state index contributed by atoms with van der Waals surface area (Å²) in [6.07, 6.45) is 0. The molecule has 27 heavy (non-hydrogen) atoms. The summed E-state index contributed by atoms with van der Waals surface area (Å²) in [4.78, 5) is 0. The highest BCUT2D eigenvalue weighted by molar-refractivity contribution is 7.88. The standard InChI is InChI=1S/C20H17F2NO3S/c21-17-6-4-15(5-7-17)14-27(24,25)23-13-16-2-1-3-20(12-16)26-19-10-8-18(22)9-11-19/h1-12,23H,13-14H2. The molecular formula is C20H17F2NO3S. The number of rotatable bonds is 7. The van der Waals surface area contributed by atoms with Crippen LogP contribution in [0.1, 0.15) is 11.1 Å². The Morgan fingerprint density at radius 2 is 1.41 bits per heavy atom. The molecule has 1 N–H and O–H groups in total. The van der Waals surface area contributed by atoms with Crippen LogP contribution < -0.4 is 9.46 Å². The third kappa shape index (κ3) is 5.87. The zero-order valence-corrected chi connectivity index (χ0v) is 15.0. The highest BCUT2D eigenvalue weighted by atomic mass is 32.2. The van der Waals surface area contributed by atoms with Gasteiger partial charge in [-0.1, -0.05) is 24.3 Å². The van der Waals surface area contributed by atoms with E-state index in [1.54, 1.807) is 24.3 Å². The summed E-state index contributed by atoms with van der Waals surface area (Å²) >= 11 is 0. The molecule has 0 spiro atoms. The van der Waals surface area contributed by atoms with Gasteiger partial charge in [-0.15, -0.1) is 0 Å². The molecule has 7 heteroatoms. The first-order valence-electron chi connectivity index (χ1n) is 8.14. The fourth-order valence-corrected chi connectivity index (χ4v) is 3.52. The van der Waals surface area contributed by atoms with Crippen LogP contribution >= 0.6 is 0 Å². The van der Waals surface area contributed by atoms with Crippen LogP contribution in [-0.2, 0) is 22.3 Å². The van der Waals surface area contributed by atoms with Gasteiger partial charge in [-0.05, 0) is 59.7 Å². The number of hydrogen-bond donors (Lipinski definition) is 1. The summed E-state index contributed by atoms with van der Waals surface area (Å²) in [5.74, 6) is -0.0185. The molecular weight excluding hydrogens is 372 g/mol. The maximum absolute atomic E-state index is 12.9. The molecule has 0 aromatic heterocycles. The van der Waals surface area contributed by atoms with Gasteiger partial charge in [0.2, 0.25) is 10.0 Å². The van der Waals surface area contributed by atoms with Crippen molar-refractivity contribution < 1.29 is 21.9 Å². The van der Waals surface area contributed by atoms with Crippen LogP contribution in [0.2, 0.25) is 0 Å². The van der Waals surface area contributed by atoms with E-state index in [9.17, 15) is 17.2 Å². The molecule has 0 aliphatic rings. The van der Waals surface area contributed by atoms with Crippen molar-refractivity contribution in [2.45, 2.75) is 12.3 Å². The Bertz CT molecular complexity index is 1000. The SMILES string of the molecule is O=S(=O)(Cc1ccc(F)cc1)NCc1cccc(Oc2ccc(F)cc2)c1. The van der Waals surface area contributed by atoms with Crippen molar-refractivity contribution in [1.29, 1.82) is 0 Å². The van der Waals surface area contributed by atoms with Crippen molar-refractivity contribution in [1.82, 2.24) is 4.72 Å². The number of hydrogen-bond acceptors (Lipinski definition) is 3. The average Bonchev–Trinajstić information content (AvgIpc) is 2.64. The minimum atomic E-state index is -3.58. The van der Waals surface area contributed by atoms with Gasteiger partial charge in [0.15, 0.2) is 0 Å². The van der Waals surface area contributed by atoms with Crippen molar-refractivity contribution in [3.63, 3.8) is 0 Å². The molecule has 0 saturated carbocycles. The number of halogens is 2. The number of nitrogens with one attached hydrogen (secondary N) is 1. The first-order chi connectivity index (χ1) is 12.9. The van der Waals surface area contributed by atoms with Crippen LogP contribution in [0, 0.1) is 11.6 Å². The highest BCUT2D eigenvalue weighted by Gasteiger charge is 2.12. The predicted molar refractivity (Wildman–Crippen MR) is 98.8 cm³/mol. The summed E-state index contributed by atoms with van der Waals surface area (Å²) in [6.45, 7) is 0.0874. The number of sulfonamides is 1. The fraction of sp³-hybridized carbons (Fsp3) is 0.100. The number of benzene rings is 3. The van der Waals surface area contributed by atoms with Crippen LogP contribution in [0.3, 0.4) is 0 Å². The first kappa shape index (κ1) is 19.0. The zero-order valence-electron chi connectivity index (χ0n) is 14.2. The second-order valence-electron chi connectivity index (χ2n) is 5.91. The van der Waals surface area contributed by atoms with Gasteiger partial charge in [0.1, 0.15) is 23.1 Å². The molecule has 3 aromatic rings. The molecule has 0 heterocycles. The van der Waals surface area contributed by atoms with Gasteiger partial charge in [0.25, 0.3) is 0 Å². The largest absolute Gasteiger partial charge is 0.457 e. The van der Waals surface area contributed by atoms with Crippen molar-refractivity contribution in [3.8, 4) is 11.5 Å². The Balaban J connectivity index is 1.61. The molecule has 0 radical (unpaired) electrons. The first-order valence-corrected chi connectivity index (χ1v) is 9.79. The zero-order chi connectivity index (χ0) is 19.3. The lowest BCUT2D eigenvalue weighted by Crippen LogP contribution is -2.24. The number of ether oxygens (including phenoxy) is 1. The average molecular weight is 389 g/mol. The van der Waals surface area contributed by atoms with Crippen molar-refractivity contribution in [2.75, 3.05) is 0 Å². The molecule has 0 aliphatic carbocycles. The van der Waals surface area contributed by atoms with Gasteiger partial charge in [-0.25, -0.2) is 21.9 Å². The lowest BCUT2D eigenvalue weighted by Gasteiger charge is -2.09. The second-order valence-corrected chi connectivity index (χ2v) is 7.72. The van der Waals surface area contributed by atoms with E-state index in [1.165, 1.54) is 48.5 Å². The highest BCUT2D eigenvalue weighted by Crippen LogP contribution is 2.22. The maximum Gasteiger partial charge on any atom is 0.216 e. The normalized spacial score (nSPS) is 11.3. The topological polar surface area (TPSA) is 55.4 Å². The molecule has 0 bridgehead atoms. The van der Waals surface area contributed by atoms with Gasteiger partial charge < -0.3 is 4.74 Å². The monoisotopic (exact) mass is 389 g/mol.